The van der Waals surface area contributed by atoms with Gasteiger partial charge in [-0.1, -0.05) is 29.8 Å². The molecule has 0 atom stereocenters. The number of nitro groups is 1. The molecule has 0 unspecified atom stereocenters. The van der Waals surface area contributed by atoms with E-state index in [-0.39, 0.29) is 10.6 Å². The average molecular weight is 539 g/mol. The quantitative estimate of drug-likeness (QED) is 0.184. The summed E-state index contributed by atoms with van der Waals surface area (Å²) in [6.45, 7) is -0.529. The van der Waals surface area contributed by atoms with Gasteiger partial charge in [0.2, 0.25) is 0 Å². The third-order valence-corrected chi connectivity index (χ3v) is 7.14. The Balaban J connectivity index is 1.46. The maximum absolute atomic E-state index is 13.3. The second-order valence-electron chi connectivity index (χ2n) is 7.60. The first kappa shape index (κ1) is 25.6. The van der Waals surface area contributed by atoms with E-state index in [1.54, 1.807) is 54.6 Å². The molecule has 1 aromatic heterocycles. The number of anilines is 1. The van der Waals surface area contributed by atoms with Gasteiger partial charge in [0, 0.05) is 22.7 Å². The van der Waals surface area contributed by atoms with E-state index in [4.69, 9.17) is 16.0 Å². The number of nitrogens with zero attached hydrogens (tertiary/aromatic N) is 3. The first-order chi connectivity index (χ1) is 17.7. The van der Waals surface area contributed by atoms with Gasteiger partial charge in [-0.2, -0.15) is 5.10 Å². The second kappa shape index (κ2) is 11.1. The summed E-state index contributed by atoms with van der Waals surface area (Å²) in [5.74, 6) is 0.0779. The summed E-state index contributed by atoms with van der Waals surface area (Å²) in [5, 5.41) is 15.0. The zero-order chi connectivity index (χ0) is 26.4. The molecule has 1 amide bonds. The molecule has 0 saturated carbocycles. The van der Waals surface area contributed by atoms with Crippen molar-refractivity contribution in [1.29, 1.82) is 0 Å². The maximum atomic E-state index is 13.3. The third-order valence-electron chi connectivity index (χ3n) is 5.10. The molecule has 0 aliphatic rings. The first-order valence-corrected chi connectivity index (χ1v) is 12.6. The Kier molecular flexibility index (Phi) is 7.66. The lowest BCUT2D eigenvalue weighted by atomic mass is 10.1. The molecule has 37 heavy (non-hydrogen) atoms. The highest BCUT2D eigenvalue weighted by molar-refractivity contribution is 7.92. The van der Waals surface area contributed by atoms with E-state index in [0.29, 0.717) is 27.8 Å². The van der Waals surface area contributed by atoms with Gasteiger partial charge in [-0.15, -0.1) is 0 Å². The van der Waals surface area contributed by atoms with Crippen molar-refractivity contribution in [3.8, 4) is 11.3 Å². The monoisotopic (exact) mass is 538 g/mol. The number of hydrogen-bond acceptors (Lipinski definition) is 7. The van der Waals surface area contributed by atoms with Crippen molar-refractivity contribution in [1.82, 2.24) is 5.43 Å². The van der Waals surface area contributed by atoms with Gasteiger partial charge in [-0.05, 0) is 60.7 Å². The standard InChI is InChI=1S/C25H19ClN4O6S/c26-19-8-13-23(14-9-19)37(34,35)29(20-4-2-1-3-5-20)17-25(31)28-27-16-22-12-15-24(36-22)18-6-10-21(11-7-18)30(32)33/h1-16H,17H2,(H,28,31)/b27-16-. The molecule has 0 radical (unpaired) electrons. The number of carbonyl (C=O) groups is 1. The van der Waals surface area contributed by atoms with E-state index < -0.39 is 27.4 Å². The lowest BCUT2D eigenvalue weighted by Gasteiger charge is -2.23. The van der Waals surface area contributed by atoms with Crippen LogP contribution < -0.4 is 9.73 Å². The molecule has 0 aliphatic heterocycles. The highest BCUT2D eigenvalue weighted by Gasteiger charge is 2.27. The molecule has 0 spiro atoms. The minimum Gasteiger partial charge on any atom is -0.455 e. The predicted molar refractivity (Wildman–Crippen MR) is 139 cm³/mol. The van der Waals surface area contributed by atoms with Gasteiger partial charge >= 0.3 is 0 Å². The van der Waals surface area contributed by atoms with Gasteiger partial charge in [-0.25, -0.2) is 13.8 Å². The minimum absolute atomic E-state index is 0.0218. The van der Waals surface area contributed by atoms with Crippen LogP contribution in [0.25, 0.3) is 11.3 Å². The summed E-state index contributed by atoms with van der Waals surface area (Å²) in [6.07, 6.45) is 1.26. The van der Waals surface area contributed by atoms with Gasteiger partial charge < -0.3 is 4.42 Å². The highest BCUT2D eigenvalue weighted by atomic mass is 35.5. The average Bonchev–Trinajstić information content (AvgIpc) is 3.37. The van der Waals surface area contributed by atoms with Crippen molar-refractivity contribution in [2.75, 3.05) is 10.8 Å². The molecule has 0 fully saturated rings. The summed E-state index contributed by atoms with van der Waals surface area (Å²) in [6, 6.07) is 22.9. The van der Waals surface area contributed by atoms with Crippen LogP contribution in [0.1, 0.15) is 5.76 Å². The number of hydrazone groups is 1. The fourth-order valence-corrected chi connectivity index (χ4v) is 4.85. The van der Waals surface area contributed by atoms with E-state index in [1.165, 1.54) is 42.6 Å². The van der Waals surface area contributed by atoms with Crippen molar-refractivity contribution >= 4 is 45.1 Å². The molecule has 0 bridgehead atoms. The zero-order valence-electron chi connectivity index (χ0n) is 19.0. The lowest BCUT2D eigenvalue weighted by molar-refractivity contribution is -0.384. The fourth-order valence-electron chi connectivity index (χ4n) is 3.30. The lowest BCUT2D eigenvalue weighted by Crippen LogP contribution is -2.39. The van der Waals surface area contributed by atoms with Crippen LogP contribution in [0.3, 0.4) is 0 Å². The van der Waals surface area contributed by atoms with Gasteiger partial charge in [0.25, 0.3) is 21.6 Å². The topological polar surface area (TPSA) is 135 Å². The summed E-state index contributed by atoms with van der Waals surface area (Å²) in [5.41, 5.74) is 3.19. The number of nitro benzene ring substituents is 1. The third kappa shape index (κ3) is 6.21. The van der Waals surface area contributed by atoms with Crippen molar-refractivity contribution in [3.05, 3.63) is 112 Å². The van der Waals surface area contributed by atoms with Crippen LogP contribution in [0.2, 0.25) is 5.02 Å². The molecular formula is C25H19ClN4O6S. The Hall–Kier alpha value is -4.48. The number of furan rings is 1. The molecule has 12 heteroatoms. The molecule has 1 N–H and O–H groups in total. The van der Waals surface area contributed by atoms with Gasteiger partial charge in [0.15, 0.2) is 0 Å². The van der Waals surface area contributed by atoms with E-state index in [2.05, 4.69) is 10.5 Å². The largest absolute Gasteiger partial charge is 0.455 e. The number of carbonyl (C=O) groups excluding carboxylic acids is 1. The van der Waals surface area contributed by atoms with E-state index in [0.717, 1.165) is 4.31 Å². The number of amides is 1. The zero-order valence-corrected chi connectivity index (χ0v) is 20.6. The molecule has 188 valence electrons. The summed E-state index contributed by atoms with van der Waals surface area (Å²) < 4.78 is 33.2. The number of sulfonamides is 1. The van der Waals surface area contributed by atoms with Crippen molar-refractivity contribution in [2.24, 2.45) is 5.10 Å². The number of nitrogens with one attached hydrogen (secondary N) is 1. The number of hydrogen-bond donors (Lipinski definition) is 1. The summed E-state index contributed by atoms with van der Waals surface area (Å²) in [4.78, 5) is 22.9. The molecule has 0 saturated heterocycles. The van der Waals surface area contributed by atoms with Crippen LogP contribution in [0, 0.1) is 10.1 Å². The summed E-state index contributed by atoms with van der Waals surface area (Å²) >= 11 is 5.88. The molecule has 4 rings (SSSR count). The smallest absolute Gasteiger partial charge is 0.269 e. The van der Waals surface area contributed by atoms with Gasteiger partial charge in [0.05, 0.1) is 21.7 Å². The van der Waals surface area contributed by atoms with Crippen LogP contribution in [0.15, 0.2) is 105 Å². The molecule has 1 heterocycles. The normalized spacial score (nSPS) is 11.4. The van der Waals surface area contributed by atoms with Gasteiger partial charge in [0.1, 0.15) is 18.1 Å². The van der Waals surface area contributed by atoms with Crippen molar-refractivity contribution in [2.45, 2.75) is 4.90 Å². The van der Waals surface area contributed by atoms with Crippen LogP contribution >= 0.6 is 11.6 Å². The number of halogens is 1. The molecular weight excluding hydrogens is 520 g/mol. The Morgan fingerprint density at radius 2 is 1.68 bits per heavy atom. The van der Waals surface area contributed by atoms with Gasteiger partial charge in [-0.3, -0.25) is 19.2 Å². The number of para-hydroxylation sites is 1. The van der Waals surface area contributed by atoms with E-state index >= 15 is 0 Å². The maximum Gasteiger partial charge on any atom is 0.269 e. The highest BCUT2D eigenvalue weighted by Crippen LogP contribution is 2.25. The summed E-state index contributed by atoms with van der Waals surface area (Å²) in [7, 11) is -4.08. The minimum atomic E-state index is -4.08. The Morgan fingerprint density at radius 3 is 2.32 bits per heavy atom. The number of benzene rings is 3. The second-order valence-corrected chi connectivity index (χ2v) is 9.90. The van der Waals surface area contributed by atoms with Crippen LogP contribution in [0.5, 0.6) is 0 Å². The SMILES string of the molecule is O=C(CN(c1ccccc1)S(=O)(=O)c1ccc(Cl)cc1)N/N=C\c1ccc(-c2ccc([N+](=O)[O-])cc2)o1. The van der Waals surface area contributed by atoms with Crippen LogP contribution in [0.4, 0.5) is 11.4 Å². The van der Waals surface area contributed by atoms with Crippen LogP contribution in [-0.2, 0) is 14.8 Å². The predicted octanol–water partition coefficient (Wildman–Crippen LogP) is 4.85. The Labute approximate surface area is 217 Å². The van der Waals surface area contributed by atoms with Crippen LogP contribution in [-0.4, -0.2) is 32.0 Å². The van der Waals surface area contributed by atoms with E-state index in [9.17, 15) is 23.3 Å². The van der Waals surface area contributed by atoms with E-state index in [1.807, 2.05) is 0 Å². The molecule has 3 aromatic carbocycles. The first-order valence-electron chi connectivity index (χ1n) is 10.7. The Bertz CT molecular complexity index is 1540. The fraction of sp³-hybridized carbons (Fsp3) is 0.0400. The van der Waals surface area contributed by atoms with Crippen molar-refractivity contribution < 1.29 is 22.6 Å². The number of rotatable bonds is 9. The van der Waals surface area contributed by atoms with Crippen molar-refractivity contribution in [3.63, 3.8) is 0 Å². The molecule has 4 aromatic rings. The number of non-ortho nitro benzene ring substituents is 1. The Morgan fingerprint density at radius 1 is 1.00 bits per heavy atom. The molecule has 0 aliphatic carbocycles. The molecule has 10 nitrogen and oxygen atoms in total.